The van der Waals surface area contributed by atoms with Gasteiger partial charge in [0.15, 0.2) is 5.76 Å². The number of ether oxygens (including phenoxy) is 2. The Morgan fingerprint density at radius 2 is 1.27 bits per heavy atom. The molecule has 4 nitrogen and oxygen atoms in total. The molecule has 30 heavy (non-hydrogen) atoms. The van der Waals surface area contributed by atoms with Gasteiger partial charge in [0.2, 0.25) is 0 Å². The molecule has 1 aromatic heterocycles. The van der Waals surface area contributed by atoms with Crippen molar-refractivity contribution < 1.29 is 14.0 Å². The van der Waals surface area contributed by atoms with Crippen molar-refractivity contribution in [2.75, 3.05) is 14.2 Å². The minimum atomic E-state index is 0.715. The predicted octanol–water partition coefficient (Wildman–Crippen LogP) is 6.50. The van der Waals surface area contributed by atoms with Crippen LogP contribution in [0.4, 0.5) is 0 Å². The lowest BCUT2D eigenvalue weighted by Crippen LogP contribution is -1.86. The summed E-state index contributed by atoms with van der Waals surface area (Å²) in [6.07, 6.45) is 4.13. The van der Waals surface area contributed by atoms with Crippen LogP contribution in [0.2, 0.25) is 0 Å². The van der Waals surface area contributed by atoms with Crippen molar-refractivity contribution in [3.05, 3.63) is 89.5 Å². The maximum atomic E-state index is 5.80. The Morgan fingerprint density at radius 1 is 0.700 bits per heavy atom. The smallest absolute Gasteiger partial charge is 0.174 e. The van der Waals surface area contributed by atoms with Crippen molar-refractivity contribution in [3.8, 4) is 34.1 Å². The van der Waals surface area contributed by atoms with Gasteiger partial charge in [0, 0.05) is 11.1 Å². The fourth-order valence-electron chi connectivity index (χ4n) is 3.22. The number of benzene rings is 3. The lowest BCUT2D eigenvalue weighted by atomic mass is 10.0. The van der Waals surface area contributed by atoms with Gasteiger partial charge in [-0.15, -0.1) is 0 Å². The Bertz CT molecular complexity index is 1070. The minimum Gasteiger partial charge on any atom is -0.497 e. The van der Waals surface area contributed by atoms with Crippen molar-refractivity contribution >= 4 is 12.2 Å². The molecule has 0 bridgehead atoms. The van der Waals surface area contributed by atoms with Crippen molar-refractivity contribution in [1.82, 2.24) is 5.16 Å². The predicted molar refractivity (Wildman–Crippen MR) is 121 cm³/mol. The molecule has 1 heterocycles. The molecule has 0 radical (unpaired) electrons. The molecule has 0 fully saturated rings. The molecule has 4 aromatic rings. The molecule has 0 N–H and O–H groups in total. The highest BCUT2D eigenvalue weighted by molar-refractivity contribution is 5.86. The van der Waals surface area contributed by atoms with E-state index in [0.717, 1.165) is 39.4 Å². The number of hydrogen-bond donors (Lipinski definition) is 0. The fraction of sp³-hybridized carbons (Fsp3) is 0.115. The molecule has 0 atom stereocenters. The summed E-state index contributed by atoms with van der Waals surface area (Å²) in [7, 11) is 3.31. The Morgan fingerprint density at radius 3 is 1.83 bits per heavy atom. The second kappa shape index (κ2) is 8.70. The molecule has 3 aromatic carbocycles. The van der Waals surface area contributed by atoms with E-state index >= 15 is 0 Å². The zero-order chi connectivity index (χ0) is 20.9. The number of methoxy groups -OCH3 is 2. The summed E-state index contributed by atoms with van der Waals surface area (Å²) in [5, 5.41) is 4.39. The average Bonchev–Trinajstić information content (AvgIpc) is 3.22. The van der Waals surface area contributed by atoms with Crippen molar-refractivity contribution in [2.45, 2.75) is 6.92 Å². The molecule has 0 amide bonds. The van der Waals surface area contributed by atoms with E-state index in [9.17, 15) is 0 Å². The molecule has 0 aliphatic carbocycles. The maximum Gasteiger partial charge on any atom is 0.174 e. The first-order valence-corrected chi connectivity index (χ1v) is 9.71. The van der Waals surface area contributed by atoms with E-state index in [4.69, 9.17) is 14.0 Å². The van der Waals surface area contributed by atoms with E-state index in [1.165, 1.54) is 5.56 Å². The fourth-order valence-corrected chi connectivity index (χ4v) is 3.22. The highest BCUT2D eigenvalue weighted by Crippen LogP contribution is 2.35. The third-order valence-electron chi connectivity index (χ3n) is 4.96. The molecule has 150 valence electrons. The molecule has 4 heteroatoms. The van der Waals surface area contributed by atoms with Crippen LogP contribution in [0.5, 0.6) is 11.5 Å². The SMILES string of the molecule is COc1ccc(-c2noc(-c3ccc(OC)cc3)c2/C=C/c2ccc(C)cc2)cc1. The average molecular weight is 397 g/mol. The number of rotatable bonds is 6. The number of aryl methyl sites for hydroxylation is 1. The van der Waals surface area contributed by atoms with Gasteiger partial charge in [0.1, 0.15) is 17.2 Å². The highest BCUT2D eigenvalue weighted by Gasteiger charge is 2.17. The van der Waals surface area contributed by atoms with E-state index in [2.05, 4.69) is 48.5 Å². The maximum absolute atomic E-state index is 5.80. The van der Waals surface area contributed by atoms with Gasteiger partial charge in [0.05, 0.1) is 19.8 Å². The zero-order valence-corrected chi connectivity index (χ0v) is 17.3. The molecular weight excluding hydrogens is 374 g/mol. The first-order chi connectivity index (χ1) is 14.7. The van der Waals surface area contributed by atoms with Gasteiger partial charge in [-0.3, -0.25) is 0 Å². The van der Waals surface area contributed by atoms with Crippen molar-refractivity contribution in [2.24, 2.45) is 0 Å². The van der Waals surface area contributed by atoms with Crippen molar-refractivity contribution in [1.29, 1.82) is 0 Å². The van der Waals surface area contributed by atoms with E-state index in [-0.39, 0.29) is 0 Å². The molecule has 0 aliphatic heterocycles. The van der Waals surface area contributed by atoms with Crippen LogP contribution < -0.4 is 9.47 Å². The second-order valence-electron chi connectivity index (χ2n) is 6.98. The minimum absolute atomic E-state index is 0.715. The Hall–Kier alpha value is -3.79. The molecule has 0 saturated heterocycles. The van der Waals surface area contributed by atoms with Gasteiger partial charge in [-0.05, 0) is 67.1 Å². The third kappa shape index (κ3) is 4.13. The quantitative estimate of drug-likeness (QED) is 0.372. The zero-order valence-electron chi connectivity index (χ0n) is 17.3. The van der Waals surface area contributed by atoms with Crippen LogP contribution in [0.1, 0.15) is 16.7 Å². The molecular formula is C26H23NO3. The van der Waals surface area contributed by atoms with Crippen molar-refractivity contribution in [3.63, 3.8) is 0 Å². The number of hydrogen-bond acceptors (Lipinski definition) is 4. The van der Waals surface area contributed by atoms with Crippen LogP contribution in [0.3, 0.4) is 0 Å². The lowest BCUT2D eigenvalue weighted by molar-refractivity contribution is 0.414. The van der Waals surface area contributed by atoms with E-state index < -0.39 is 0 Å². The normalized spacial score (nSPS) is 11.0. The van der Waals surface area contributed by atoms with E-state index in [1.807, 2.05) is 48.5 Å². The van der Waals surface area contributed by atoms with Gasteiger partial charge in [-0.2, -0.15) is 0 Å². The van der Waals surface area contributed by atoms with Crippen LogP contribution in [-0.2, 0) is 0 Å². The first kappa shape index (κ1) is 19.5. The van der Waals surface area contributed by atoms with Gasteiger partial charge in [-0.25, -0.2) is 0 Å². The van der Waals surface area contributed by atoms with E-state index in [0.29, 0.717) is 5.76 Å². The highest BCUT2D eigenvalue weighted by atomic mass is 16.5. The topological polar surface area (TPSA) is 44.5 Å². The largest absolute Gasteiger partial charge is 0.497 e. The first-order valence-electron chi connectivity index (χ1n) is 9.71. The Kier molecular flexibility index (Phi) is 5.66. The van der Waals surface area contributed by atoms with Gasteiger partial charge in [0.25, 0.3) is 0 Å². The van der Waals surface area contributed by atoms with Crippen LogP contribution in [-0.4, -0.2) is 19.4 Å². The number of nitrogens with zero attached hydrogens (tertiary/aromatic N) is 1. The summed E-state index contributed by atoms with van der Waals surface area (Å²) in [5.74, 6) is 2.31. The summed E-state index contributed by atoms with van der Waals surface area (Å²) in [4.78, 5) is 0. The summed E-state index contributed by atoms with van der Waals surface area (Å²) in [6, 6.07) is 24.0. The molecule has 0 spiro atoms. The van der Waals surface area contributed by atoms with Crippen LogP contribution >= 0.6 is 0 Å². The Balaban J connectivity index is 1.79. The summed E-state index contributed by atoms with van der Waals surface area (Å²) >= 11 is 0. The van der Waals surface area contributed by atoms with E-state index in [1.54, 1.807) is 14.2 Å². The second-order valence-corrected chi connectivity index (χ2v) is 6.98. The molecule has 0 saturated carbocycles. The van der Waals surface area contributed by atoms with Crippen LogP contribution in [0, 0.1) is 6.92 Å². The Labute approximate surface area is 176 Å². The molecule has 0 unspecified atom stereocenters. The van der Waals surface area contributed by atoms with Crippen LogP contribution in [0.15, 0.2) is 77.3 Å². The lowest BCUT2D eigenvalue weighted by Gasteiger charge is -2.04. The summed E-state index contributed by atoms with van der Waals surface area (Å²) < 4.78 is 16.4. The third-order valence-corrected chi connectivity index (χ3v) is 4.96. The molecule has 0 aliphatic rings. The van der Waals surface area contributed by atoms with Crippen LogP contribution in [0.25, 0.3) is 34.7 Å². The molecule has 4 rings (SSSR count). The summed E-state index contributed by atoms with van der Waals surface area (Å²) in [6.45, 7) is 2.08. The van der Waals surface area contributed by atoms with Gasteiger partial charge < -0.3 is 14.0 Å². The van der Waals surface area contributed by atoms with Gasteiger partial charge >= 0.3 is 0 Å². The summed E-state index contributed by atoms with van der Waals surface area (Å²) in [5.41, 5.74) is 5.95. The number of aromatic nitrogens is 1. The monoisotopic (exact) mass is 397 g/mol. The standard InChI is InChI=1S/C26H23NO3/c1-18-4-6-19(7-5-18)8-17-24-25(20-9-13-22(28-2)14-10-20)27-30-26(24)21-11-15-23(29-3)16-12-21/h4-17H,1-3H3/b17-8+. The van der Waals surface area contributed by atoms with Gasteiger partial charge in [-0.1, -0.05) is 41.1 Å².